The molecule has 1 N–H and O–H groups in total. The first kappa shape index (κ1) is 35.4. The van der Waals surface area contributed by atoms with E-state index in [0.717, 1.165) is 44.3 Å². The quantitative estimate of drug-likeness (QED) is 0.0808. The fraction of sp³-hybridized carbons (Fsp3) is 0.750. The zero-order valence-electron chi connectivity index (χ0n) is 23.1. The second-order valence-corrected chi connectivity index (χ2v) is 11.1. The summed E-state index contributed by atoms with van der Waals surface area (Å²) in [5, 5.41) is 11.5. The van der Waals surface area contributed by atoms with Gasteiger partial charge in [-0.2, -0.15) is 8.42 Å². The van der Waals surface area contributed by atoms with Gasteiger partial charge in [0.05, 0.1) is 18.4 Å². The Morgan fingerprint density at radius 3 is 1.86 bits per heavy atom. The average Bonchev–Trinajstić information content (AvgIpc) is 2.83. The Bertz CT molecular complexity index is 784. The van der Waals surface area contributed by atoms with Gasteiger partial charge in [-0.3, -0.25) is 4.55 Å². The molecule has 0 bridgehead atoms. The second kappa shape index (κ2) is 22.4. The van der Waals surface area contributed by atoms with Crippen molar-refractivity contribution in [1.29, 1.82) is 0 Å². The van der Waals surface area contributed by atoms with E-state index in [1.165, 1.54) is 63.4 Å². The summed E-state index contributed by atoms with van der Waals surface area (Å²) in [6.07, 6.45) is 18.4. The molecule has 6 nitrogen and oxygen atoms in total. The van der Waals surface area contributed by atoms with Crippen LogP contribution in [0.3, 0.4) is 0 Å². The minimum atomic E-state index is -4.03. The summed E-state index contributed by atoms with van der Waals surface area (Å²) in [6.45, 7) is 4.22. The molecule has 0 saturated carbocycles. The number of nitrogens with zero attached hydrogens (tertiary/aromatic N) is 1. The molecule has 0 heterocycles. The zero-order valence-corrected chi connectivity index (χ0v) is 25.9. The van der Waals surface area contributed by atoms with Crippen LogP contribution in [0.2, 0.25) is 0 Å². The van der Waals surface area contributed by atoms with E-state index in [0.29, 0.717) is 12.5 Å². The molecule has 1 atom stereocenters. The number of hydrogen-bond donors (Lipinski definition) is 1. The summed E-state index contributed by atoms with van der Waals surface area (Å²) in [5.74, 6) is 0.238. The summed E-state index contributed by atoms with van der Waals surface area (Å²) in [5.41, 5.74) is 1.35. The van der Waals surface area contributed by atoms with E-state index in [9.17, 15) is 13.5 Å². The predicted molar refractivity (Wildman–Crippen MR) is 144 cm³/mol. The summed E-state index contributed by atoms with van der Waals surface area (Å²) in [7, 11) is -4.03. The molecule has 0 saturated heterocycles. The summed E-state index contributed by atoms with van der Waals surface area (Å²) < 4.78 is 35.9. The Hall–Kier alpha value is -0.600. The van der Waals surface area contributed by atoms with E-state index in [4.69, 9.17) is 9.29 Å². The van der Waals surface area contributed by atoms with Crippen molar-refractivity contribution in [1.82, 2.24) is 0 Å². The molecule has 1 unspecified atom stereocenters. The average molecular weight is 534 g/mol. The third kappa shape index (κ3) is 20.5. The Balaban J connectivity index is 0.0000122. The van der Waals surface area contributed by atoms with Crippen molar-refractivity contribution in [2.45, 2.75) is 123 Å². The van der Waals surface area contributed by atoms with E-state index in [2.05, 4.69) is 43.1 Å². The molecule has 0 aliphatic heterocycles. The minimum Gasteiger partial charge on any atom is -0.862 e. The maximum Gasteiger partial charge on any atom is 1.00 e. The van der Waals surface area contributed by atoms with Gasteiger partial charge in [-0.25, -0.2) is 0 Å². The maximum absolute atomic E-state index is 11.5. The van der Waals surface area contributed by atoms with Gasteiger partial charge < -0.3 is 14.8 Å². The van der Waals surface area contributed by atoms with Crippen molar-refractivity contribution in [3.05, 3.63) is 29.8 Å². The predicted octanol–water partition coefficient (Wildman–Crippen LogP) is 3.52. The van der Waals surface area contributed by atoms with Gasteiger partial charge in [0, 0.05) is 0 Å². The maximum atomic E-state index is 11.5. The first-order valence-corrected chi connectivity index (χ1v) is 15.4. The van der Waals surface area contributed by atoms with Crippen LogP contribution in [0.5, 0.6) is 5.75 Å². The van der Waals surface area contributed by atoms with Crippen molar-refractivity contribution in [3.8, 4) is 5.75 Å². The number of hydrogen-bond acceptors (Lipinski definition) is 5. The van der Waals surface area contributed by atoms with E-state index < -0.39 is 15.9 Å². The number of benzene rings is 1. The second-order valence-electron chi connectivity index (χ2n) is 9.49. The van der Waals surface area contributed by atoms with Crippen LogP contribution < -0.4 is 39.4 Å². The van der Waals surface area contributed by atoms with Gasteiger partial charge in [0.25, 0.3) is 10.1 Å². The summed E-state index contributed by atoms with van der Waals surface area (Å²) in [4.78, 5) is 3.65. The molecular weight excluding hydrogens is 485 g/mol. The third-order valence-corrected chi connectivity index (χ3v) is 7.09. The smallest absolute Gasteiger partial charge is 0.862 e. The van der Waals surface area contributed by atoms with Crippen molar-refractivity contribution in [2.24, 2.45) is 4.99 Å². The number of unbranched alkanes of at least 4 members (excludes halogenated alkanes) is 11. The number of aryl methyl sites for hydroxylation is 1. The van der Waals surface area contributed by atoms with Gasteiger partial charge >= 0.3 is 29.6 Å². The fourth-order valence-electron chi connectivity index (χ4n) is 4.12. The Morgan fingerprint density at radius 2 is 1.39 bits per heavy atom. The van der Waals surface area contributed by atoms with Crippen LogP contribution in [-0.2, 0) is 16.5 Å². The van der Waals surface area contributed by atoms with Gasteiger partial charge in [0.2, 0.25) is 0 Å². The Morgan fingerprint density at radius 1 is 0.889 bits per heavy atom. The van der Waals surface area contributed by atoms with Crippen LogP contribution >= 0.6 is 0 Å². The summed E-state index contributed by atoms with van der Waals surface area (Å²) in [6, 6.07) is 8.51. The van der Waals surface area contributed by atoms with Crippen LogP contribution in [0, 0.1) is 0 Å². The largest absolute Gasteiger partial charge is 1.00 e. The standard InChI is InChI=1S/C28H49NO5S.Na/c1-3-25-19-21-27(22-20-25)34-26(4-2)17-15-13-11-9-7-5-6-8-10-12-14-16-18-28(30)29-23-24-35(31,32)33;/h19-22,26H,3-18,23-24H2,1-2H3,(H,29,30)(H,31,32,33);/q;+1/p-1. The molecule has 1 aromatic rings. The van der Waals surface area contributed by atoms with E-state index in [1.54, 1.807) is 0 Å². The molecule has 0 aliphatic carbocycles. The van der Waals surface area contributed by atoms with Crippen molar-refractivity contribution >= 4 is 16.0 Å². The van der Waals surface area contributed by atoms with Crippen LogP contribution in [0.4, 0.5) is 0 Å². The number of aliphatic imine (C=N–C) groups is 1. The summed E-state index contributed by atoms with van der Waals surface area (Å²) >= 11 is 0. The van der Waals surface area contributed by atoms with Gasteiger partial charge in [-0.05, 0) is 62.1 Å². The molecule has 0 spiro atoms. The molecular formula is C28H48NNaO5S. The van der Waals surface area contributed by atoms with E-state index in [-0.39, 0.29) is 42.0 Å². The molecule has 0 radical (unpaired) electrons. The minimum absolute atomic E-state index is 0. The first-order valence-electron chi connectivity index (χ1n) is 13.7. The molecule has 1 aromatic carbocycles. The Kier molecular flexibility index (Phi) is 22.0. The van der Waals surface area contributed by atoms with Crippen LogP contribution in [0.25, 0.3) is 0 Å². The first-order chi connectivity index (χ1) is 16.8. The molecule has 0 amide bonds. The SMILES string of the molecule is CCc1ccc(OC(CC)CCCCCCCCCCCCCCC([O-])=NCCS(=O)(=O)O)cc1.[Na+]. The molecule has 0 aromatic heterocycles. The van der Waals surface area contributed by atoms with Crippen molar-refractivity contribution < 1.29 is 52.4 Å². The molecule has 36 heavy (non-hydrogen) atoms. The third-order valence-electron chi connectivity index (χ3n) is 6.39. The topological polar surface area (TPSA) is 99.0 Å². The monoisotopic (exact) mass is 533 g/mol. The fourth-order valence-corrected chi connectivity index (χ4v) is 4.45. The number of rotatable bonds is 22. The molecule has 0 fully saturated rings. The Labute approximate surface area is 242 Å². The van der Waals surface area contributed by atoms with Gasteiger partial charge in [-0.15, -0.1) is 0 Å². The van der Waals surface area contributed by atoms with Crippen LogP contribution in [0.15, 0.2) is 29.3 Å². The van der Waals surface area contributed by atoms with Gasteiger partial charge in [0.15, 0.2) is 0 Å². The number of ether oxygens (including phenoxy) is 1. The molecule has 0 aliphatic rings. The normalized spacial score (nSPS) is 12.8. The van der Waals surface area contributed by atoms with E-state index >= 15 is 0 Å². The van der Waals surface area contributed by atoms with Crippen molar-refractivity contribution in [2.75, 3.05) is 12.3 Å². The van der Waals surface area contributed by atoms with Gasteiger partial charge in [0.1, 0.15) is 5.75 Å². The van der Waals surface area contributed by atoms with Crippen LogP contribution in [-0.4, -0.2) is 37.3 Å². The molecule has 8 heteroatoms. The van der Waals surface area contributed by atoms with Gasteiger partial charge in [-0.1, -0.05) is 90.2 Å². The van der Waals surface area contributed by atoms with Crippen molar-refractivity contribution in [3.63, 3.8) is 0 Å². The zero-order chi connectivity index (χ0) is 25.8. The molecule has 1 rings (SSSR count). The van der Waals surface area contributed by atoms with Crippen LogP contribution in [0.1, 0.15) is 116 Å². The van der Waals surface area contributed by atoms with E-state index in [1.807, 2.05) is 0 Å². The molecule has 202 valence electrons.